The Morgan fingerprint density at radius 1 is 1.13 bits per heavy atom. The Morgan fingerprint density at radius 3 is 2.53 bits per heavy atom. The predicted molar refractivity (Wildman–Crippen MR) is 116 cm³/mol. The number of hydrogen-bond acceptors (Lipinski definition) is 4. The van der Waals surface area contributed by atoms with E-state index in [0.717, 1.165) is 33.9 Å². The molecule has 2 aromatic carbocycles. The maximum atomic E-state index is 13.1. The maximum Gasteiger partial charge on any atom is 0.270 e. The zero-order valence-corrected chi connectivity index (χ0v) is 17.5. The number of aryl methyl sites for hydroxylation is 1. The highest BCUT2D eigenvalue weighted by molar-refractivity contribution is 5.94. The fourth-order valence-electron chi connectivity index (χ4n) is 3.47. The molecule has 2 heterocycles. The zero-order valence-electron chi connectivity index (χ0n) is 17.5. The molecule has 2 aromatic heterocycles. The van der Waals surface area contributed by atoms with Crippen LogP contribution in [-0.4, -0.2) is 32.8 Å². The monoisotopic (exact) mass is 403 g/mol. The van der Waals surface area contributed by atoms with Crippen LogP contribution in [0.15, 0.2) is 54.6 Å². The lowest BCUT2D eigenvalue weighted by Gasteiger charge is -2.20. The molecule has 0 saturated heterocycles. The van der Waals surface area contributed by atoms with E-state index in [1.807, 2.05) is 48.5 Å². The third kappa shape index (κ3) is 3.78. The number of aromatic nitrogens is 4. The molecule has 0 unspecified atom stereocenters. The second-order valence-corrected chi connectivity index (χ2v) is 7.60. The molecule has 1 amide bonds. The molecule has 4 aromatic rings. The van der Waals surface area contributed by atoms with Crippen molar-refractivity contribution in [2.45, 2.75) is 19.9 Å². The lowest BCUT2D eigenvalue weighted by Crippen LogP contribution is -2.33. The summed E-state index contributed by atoms with van der Waals surface area (Å²) in [5.41, 5.74) is 3.98. The number of amides is 1. The van der Waals surface area contributed by atoms with Crippen LogP contribution in [0.4, 0.5) is 0 Å². The van der Waals surface area contributed by atoms with Crippen molar-refractivity contribution >= 4 is 16.9 Å². The van der Waals surface area contributed by atoms with Gasteiger partial charge in [-0.2, -0.15) is 5.10 Å². The highest BCUT2D eigenvalue weighted by Crippen LogP contribution is 2.25. The number of aromatic amines is 1. The van der Waals surface area contributed by atoms with Gasteiger partial charge < -0.3 is 15.0 Å². The Morgan fingerprint density at radius 2 is 1.87 bits per heavy atom. The second-order valence-electron chi connectivity index (χ2n) is 7.60. The number of nitrogens with zero attached hydrogens (tertiary/aromatic N) is 3. The molecule has 0 saturated carbocycles. The summed E-state index contributed by atoms with van der Waals surface area (Å²) in [5.74, 6) is 1.49. The van der Waals surface area contributed by atoms with E-state index in [4.69, 9.17) is 4.74 Å². The fraction of sp³-hybridized carbons (Fsp3) is 0.261. The minimum atomic E-state index is -0.246. The molecule has 0 aliphatic carbocycles. The average molecular weight is 403 g/mol. The Kier molecular flexibility index (Phi) is 5.27. The molecular weight excluding hydrogens is 378 g/mol. The first-order valence-corrected chi connectivity index (χ1v) is 9.90. The number of methoxy groups -OCH3 is 1. The van der Waals surface area contributed by atoms with Gasteiger partial charge in [0.2, 0.25) is 0 Å². The van der Waals surface area contributed by atoms with Gasteiger partial charge in [-0.3, -0.25) is 9.48 Å². The number of carbonyl (C=O) groups is 1. The van der Waals surface area contributed by atoms with E-state index in [2.05, 4.69) is 34.2 Å². The molecule has 2 N–H and O–H groups in total. The molecule has 154 valence electrons. The second kappa shape index (κ2) is 8.02. The first kappa shape index (κ1) is 19.7. The summed E-state index contributed by atoms with van der Waals surface area (Å²) in [7, 11) is 3.40. The standard InChI is InChI=1S/C23H25N5O2/c1-14(2)21(22-24-17-7-5-6-8-18(17)25-22)26-23(29)20-13-19(27-28(20)3)15-9-11-16(30-4)12-10-15/h5-14,21H,1-4H3,(H,24,25)(H,26,29)/t21-/m0/s1. The van der Waals surface area contributed by atoms with Crippen LogP contribution in [0.2, 0.25) is 0 Å². The van der Waals surface area contributed by atoms with E-state index < -0.39 is 0 Å². The molecule has 4 rings (SSSR count). The van der Waals surface area contributed by atoms with E-state index in [1.165, 1.54) is 0 Å². The van der Waals surface area contributed by atoms with Gasteiger partial charge in [0.25, 0.3) is 5.91 Å². The van der Waals surface area contributed by atoms with Crippen molar-refractivity contribution in [3.63, 3.8) is 0 Å². The molecule has 0 bridgehead atoms. The minimum Gasteiger partial charge on any atom is -0.497 e. The third-order valence-corrected chi connectivity index (χ3v) is 5.15. The van der Waals surface area contributed by atoms with Crippen LogP contribution in [-0.2, 0) is 7.05 Å². The van der Waals surface area contributed by atoms with Crippen LogP contribution >= 0.6 is 0 Å². The van der Waals surface area contributed by atoms with Crippen LogP contribution in [0.5, 0.6) is 5.75 Å². The SMILES string of the molecule is COc1ccc(-c2cc(C(=O)N[C@H](c3nc4ccccc4[nH]3)C(C)C)n(C)n2)cc1. The zero-order chi connectivity index (χ0) is 21.3. The van der Waals surface area contributed by atoms with E-state index in [1.54, 1.807) is 24.9 Å². The van der Waals surface area contributed by atoms with Crippen LogP contribution < -0.4 is 10.1 Å². The number of rotatable bonds is 6. The molecule has 0 radical (unpaired) electrons. The topological polar surface area (TPSA) is 84.8 Å². The van der Waals surface area contributed by atoms with Crippen molar-refractivity contribution < 1.29 is 9.53 Å². The number of carbonyl (C=O) groups excluding carboxylic acids is 1. The van der Waals surface area contributed by atoms with Crippen LogP contribution in [0.25, 0.3) is 22.3 Å². The number of H-pyrrole nitrogens is 1. The van der Waals surface area contributed by atoms with Crippen molar-refractivity contribution in [2.75, 3.05) is 7.11 Å². The summed E-state index contributed by atoms with van der Waals surface area (Å²) in [5, 5.41) is 7.63. The van der Waals surface area contributed by atoms with Crippen molar-refractivity contribution in [3.8, 4) is 17.0 Å². The maximum absolute atomic E-state index is 13.1. The quantitative estimate of drug-likeness (QED) is 0.508. The van der Waals surface area contributed by atoms with E-state index in [0.29, 0.717) is 5.69 Å². The highest BCUT2D eigenvalue weighted by Gasteiger charge is 2.24. The first-order chi connectivity index (χ1) is 14.5. The Hall–Kier alpha value is -3.61. The van der Waals surface area contributed by atoms with Crippen molar-refractivity contribution in [1.82, 2.24) is 25.1 Å². The van der Waals surface area contributed by atoms with Gasteiger partial charge in [0.1, 0.15) is 17.3 Å². The van der Waals surface area contributed by atoms with Gasteiger partial charge in [0, 0.05) is 12.6 Å². The van der Waals surface area contributed by atoms with Gasteiger partial charge in [-0.05, 0) is 48.4 Å². The summed E-state index contributed by atoms with van der Waals surface area (Å²) in [4.78, 5) is 21.1. The predicted octanol–water partition coefficient (Wildman–Crippen LogP) is 4.10. The molecule has 7 heteroatoms. The highest BCUT2D eigenvalue weighted by atomic mass is 16.5. The molecule has 30 heavy (non-hydrogen) atoms. The Balaban J connectivity index is 1.59. The summed E-state index contributed by atoms with van der Waals surface area (Å²) < 4.78 is 6.81. The number of hydrogen-bond donors (Lipinski definition) is 2. The number of benzene rings is 2. The van der Waals surface area contributed by atoms with Gasteiger partial charge in [-0.25, -0.2) is 4.98 Å². The van der Waals surface area contributed by atoms with Gasteiger partial charge in [0.15, 0.2) is 0 Å². The normalized spacial score (nSPS) is 12.3. The molecule has 0 aliphatic rings. The van der Waals surface area contributed by atoms with Gasteiger partial charge in [-0.15, -0.1) is 0 Å². The first-order valence-electron chi connectivity index (χ1n) is 9.90. The number of nitrogens with one attached hydrogen (secondary N) is 2. The van der Waals surface area contributed by atoms with E-state index in [-0.39, 0.29) is 17.9 Å². The number of imidazole rings is 1. The van der Waals surface area contributed by atoms with Crippen LogP contribution in [0.1, 0.15) is 36.2 Å². The Bertz CT molecular complexity index is 1140. The average Bonchev–Trinajstić information content (AvgIpc) is 3.35. The number of ether oxygens (including phenoxy) is 1. The molecule has 0 spiro atoms. The fourth-order valence-corrected chi connectivity index (χ4v) is 3.47. The molecule has 1 atom stereocenters. The van der Waals surface area contributed by atoms with Crippen LogP contribution in [0, 0.1) is 5.92 Å². The molecular formula is C23H25N5O2. The van der Waals surface area contributed by atoms with Gasteiger partial charge in [-0.1, -0.05) is 26.0 Å². The largest absolute Gasteiger partial charge is 0.497 e. The third-order valence-electron chi connectivity index (χ3n) is 5.15. The minimum absolute atomic E-state index is 0.156. The summed E-state index contributed by atoms with van der Waals surface area (Å²) in [6, 6.07) is 17.0. The Labute approximate surface area is 175 Å². The summed E-state index contributed by atoms with van der Waals surface area (Å²) in [6.07, 6.45) is 0. The van der Waals surface area contributed by atoms with Gasteiger partial charge in [0.05, 0.1) is 29.9 Å². The lowest BCUT2D eigenvalue weighted by molar-refractivity contribution is 0.0913. The molecule has 0 fully saturated rings. The van der Waals surface area contributed by atoms with E-state index in [9.17, 15) is 4.79 Å². The van der Waals surface area contributed by atoms with Crippen molar-refractivity contribution in [2.24, 2.45) is 13.0 Å². The van der Waals surface area contributed by atoms with Gasteiger partial charge >= 0.3 is 0 Å². The lowest BCUT2D eigenvalue weighted by atomic mass is 10.0. The smallest absolute Gasteiger partial charge is 0.270 e. The summed E-state index contributed by atoms with van der Waals surface area (Å²) in [6.45, 7) is 4.12. The number of para-hydroxylation sites is 2. The van der Waals surface area contributed by atoms with Crippen molar-refractivity contribution in [1.29, 1.82) is 0 Å². The van der Waals surface area contributed by atoms with Crippen LogP contribution in [0.3, 0.4) is 0 Å². The van der Waals surface area contributed by atoms with E-state index >= 15 is 0 Å². The molecule has 7 nitrogen and oxygen atoms in total. The number of fused-ring (bicyclic) bond motifs is 1. The summed E-state index contributed by atoms with van der Waals surface area (Å²) >= 11 is 0. The van der Waals surface area contributed by atoms with Crippen molar-refractivity contribution in [3.05, 3.63) is 66.1 Å². The molecule has 0 aliphatic heterocycles.